The number of hydrogen-bond donors (Lipinski definition) is 0. The lowest BCUT2D eigenvalue weighted by atomic mass is 9.96. The number of hydrogen-bond acceptors (Lipinski definition) is 1. The van der Waals surface area contributed by atoms with E-state index in [1.807, 2.05) is 12.1 Å². The van der Waals surface area contributed by atoms with Gasteiger partial charge in [0, 0.05) is 0 Å². The third-order valence-electron chi connectivity index (χ3n) is 5.19. The van der Waals surface area contributed by atoms with Crippen LogP contribution in [0.2, 0.25) is 0 Å². The zero-order valence-electron chi connectivity index (χ0n) is 17.4. The standard InChI is InChI=1S/C26H27F3O/c1-3-5-18-6-8-19(9-7-18)10-11-20-12-14-21(15-13-20)22-16-17-23(30-4-2)25(27)24(22)26(28)29/h6-9,12-17,26H,3-5,10-11H2,1-2H3. The van der Waals surface area contributed by atoms with E-state index in [1.54, 1.807) is 19.1 Å². The minimum absolute atomic E-state index is 0.141. The van der Waals surface area contributed by atoms with Gasteiger partial charge in [0.15, 0.2) is 11.6 Å². The first-order valence-corrected chi connectivity index (χ1v) is 10.4. The molecule has 0 spiro atoms. The van der Waals surface area contributed by atoms with Gasteiger partial charge in [-0.25, -0.2) is 13.2 Å². The number of ether oxygens (including phenoxy) is 1. The number of alkyl halides is 2. The molecule has 0 aliphatic heterocycles. The van der Waals surface area contributed by atoms with Gasteiger partial charge in [-0.15, -0.1) is 0 Å². The lowest BCUT2D eigenvalue weighted by molar-refractivity contribution is 0.145. The van der Waals surface area contributed by atoms with Crippen molar-refractivity contribution in [2.24, 2.45) is 0 Å². The van der Waals surface area contributed by atoms with Crippen LogP contribution < -0.4 is 4.74 Å². The molecule has 0 heterocycles. The van der Waals surface area contributed by atoms with E-state index in [0.29, 0.717) is 5.56 Å². The summed E-state index contributed by atoms with van der Waals surface area (Å²) in [4.78, 5) is 0. The van der Waals surface area contributed by atoms with E-state index in [2.05, 4.69) is 31.2 Å². The molecule has 3 aromatic rings. The fourth-order valence-corrected chi connectivity index (χ4v) is 3.61. The van der Waals surface area contributed by atoms with Crippen LogP contribution in [0.1, 0.15) is 48.9 Å². The molecule has 0 amide bonds. The van der Waals surface area contributed by atoms with Gasteiger partial charge in [-0.05, 0) is 66.1 Å². The number of aryl methyl sites for hydroxylation is 3. The molecule has 3 aromatic carbocycles. The predicted molar refractivity (Wildman–Crippen MR) is 116 cm³/mol. The molecule has 4 heteroatoms. The fourth-order valence-electron chi connectivity index (χ4n) is 3.61. The second-order valence-electron chi connectivity index (χ2n) is 7.34. The van der Waals surface area contributed by atoms with Crippen molar-refractivity contribution in [2.75, 3.05) is 6.61 Å². The molecular weight excluding hydrogens is 385 g/mol. The Balaban J connectivity index is 1.74. The third kappa shape index (κ3) is 5.24. The van der Waals surface area contributed by atoms with Gasteiger partial charge < -0.3 is 4.74 Å². The van der Waals surface area contributed by atoms with Crippen molar-refractivity contribution in [3.63, 3.8) is 0 Å². The van der Waals surface area contributed by atoms with E-state index in [-0.39, 0.29) is 17.9 Å². The van der Waals surface area contributed by atoms with Crippen LogP contribution in [0.3, 0.4) is 0 Å². The Morgan fingerprint density at radius 2 is 1.27 bits per heavy atom. The fraction of sp³-hybridized carbons (Fsp3) is 0.308. The van der Waals surface area contributed by atoms with Crippen LogP contribution in [0, 0.1) is 5.82 Å². The van der Waals surface area contributed by atoms with Gasteiger partial charge in [0.05, 0.1) is 12.2 Å². The average molecular weight is 412 g/mol. The zero-order chi connectivity index (χ0) is 21.5. The van der Waals surface area contributed by atoms with Gasteiger partial charge in [0.2, 0.25) is 0 Å². The molecule has 0 saturated heterocycles. The van der Waals surface area contributed by atoms with Crippen LogP contribution in [0.25, 0.3) is 11.1 Å². The molecular formula is C26H27F3O. The van der Waals surface area contributed by atoms with Crippen molar-refractivity contribution in [1.82, 2.24) is 0 Å². The Morgan fingerprint density at radius 3 is 1.77 bits per heavy atom. The van der Waals surface area contributed by atoms with E-state index in [9.17, 15) is 13.2 Å². The maximum absolute atomic E-state index is 14.5. The highest BCUT2D eigenvalue weighted by molar-refractivity contribution is 5.69. The summed E-state index contributed by atoms with van der Waals surface area (Å²) in [6, 6.07) is 19.0. The Kier molecular flexibility index (Phi) is 7.56. The van der Waals surface area contributed by atoms with Crippen molar-refractivity contribution in [3.05, 3.63) is 88.7 Å². The maximum atomic E-state index is 14.5. The predicted octanol–water partition coefficient (Wildman–Crippen LogP) is 7.57. The molecule has 0 aliphatic rings. The Morgan fingerprint density at radius 1 is 0.733 bits per heavy atom. The highest BCUT2D eigenvalue weighted by atomic mass is 19.3. The highest BCUT2D eigenvalue weighted by Crippen LogP contribution is 2.37. The molecule has 0 aromatic heterocycles. The van der Waals surface area contributed by atoms with E-state index in [1.165, 1.54) is 23.3 Å². The first-order chi connectivity index (χ1) is 14.5. The summed E-state index contributed by atoms with van der Waals surface area (Å²) >= 11 is 0. The van der Waals surface area contributed by atoms with Crippen molar-refractivity contribution in [3.8, 4) is 16.9 Å². The minimum Gasteiger partial charge on any atom is -0.491 e. The first kappa shape index (κ1) is 21.9. The first-order valence-electron chi connectivity index (χ1n) is 10.4. The second kappa shape index (κ2) is 10.3. The van der Waals surface area contributed by atoms with Crippen LogP contribution in [0.5, 0.6) is 5.75 Å². The highest BCUT2D eigenvalue weighted by Gasteiger charge is 2.23. The van der Waals surface area contributed by atoms with E-state index in [4.69, 9.17) is 4.74 Å². The van der Waals surface area contributed by atoms with Crippen LogP contribution in [-0.4, -0.2) is 6.61 Å². The Bertz CT molecular complexity index is 947. The van der Waals surface area contributed by atoms with Crippen molar-refractivity contribution in [2.45, 2.75) is 46.0 Å². The Labute approximate surface area is 176 Å². The number of halogens is 3. The van der Waals surface area contributed by atoms with Gasteiger partial charge in [0.25, 0.3) is 6.43 Å². The molecule has 0 atom stereocenters. The molecule has 0 unspecified atom stereocenters. The average Bonchev–Trinajstić information content (AvgIpc) is 2.75. The topological polar surface area (TPSA) is 9.23 Å². The van der Waals surface area contributed by atoms with Crippen LogP contribution in [0.15, 0.2) is 60.7 Å². The SMILES string of the molecule is CCCc1ccc(CCc2ccc(-c3ccc(OCC)c(F)c3C(F)F)cc2)cc1. The quantitative estimate of drug-likeness (QED) is 0.352. The molecule has 0 fully saturated rings. The second-order valence-corrected chi connectivity index (χ2v) is 7.34. The largest absolute Gasteiger partial charge is 0.491 e. The van der Waals surface area contributed by atoms with E-state index < -0.39 is 17.8 Å². The van der Waals surface area contributed by atoms with Crippen molar-refractivity contribution >= 4 is 0 Å². The lowest BCUT2D eigenvalue weighted by Crippen LogP contribution is -2.01. The number of benzene rings is 3. The summed E-state index contributed by atoms with van der Waals surface area (Å²) < 4.78 is 46.8. The molecule has 0 N–H and O–H groups in total. The normalized spacial score (nSPS) is 11.1. The molecule has 0 bridgehead atoms. The Hall–Kier alpha value is -2.75. The molecule has 158 valence electrons. The molecule has 0 radical (unpaired) electrons. The molecule has 1 nitrogen and oxygen atoms in total. The smallest absolute Gasteiger partial charge is 0.267 e. The molecule has 30 heavy (non-hydrogen) atoms. The number of rotatable bonds is 9. The van der Waals surface area contributed by atoms with Crippen molar-refractivity contribution in [1.29, 1.82) is 0 Å². The van der Waals surface area contributed by atoms with Crippen LogP contribution in [0.4, 0.5) is 13.2 Å². The molecule has 0 aliphatic carbocycles. The van der Waals surface area contributed by atoms with E-state index in [0.717, 1.165) is 31.2 Å². The maximum Gasteiger partial charge on any atom is 0.267 e. The minimum atomic E-state index is -2.92. The van der Waals surface area contributed by atoms with Gasteiger partial charge >= 0.3 is 0 Å². The summed E-state index contributed by atoms with van der Waals surface area (Å²) in [6.07, 6.45) is 1.07. The summed E-state index contributed by atoms with van der Waals surface area (Å²) in [5.41, 5.74) is 3.89. The monoisotopic (exact) mass is 412 g/mol. The zero-order valence-corrected chi connectivity index (χ0v) is 17.4. The lowest BCUT2D eigenvalue weighted by Gasteiger charge is -2.14. The van der Waals surface area contributed by atoms with Crippen LogP contribution in [-0.2, 0) is 19.3 Å². The van der Waals surface area contributed by atoms with Crippen LogP contribution >= 0.6 is 0 Å². The van der Waals surface area contributed by atoms with Gasteiger partial charge in [-0.2, -0.15) is 0 Å². The summed E-state index contributed by atoms with van der Waals surface area (Å²) in [6.45, 7) is 4.08. The summed E-state index contributed by atoms with van der Waals surface area (Å²) in [5.74, 6) is -1.13. The van der Waals surface area contributed by atoms with Crippen molar-refractivity contribution < 1.29 is 17.9 Å². The van der Waals surface area contributed by atoms with E-state index >= 15 is 0 Å². The summed E-state index contributed by atoms with van der Waals surface area (Å²) in [7, 11) is 0. The summed E-state index contributed by atoms with van der Waals surface area (Å²) in [5, 5.41) is 0. The third-order valence-corrected chi connectivity index (χ3v) is 5.19. The molecule has 3 rings (SSSR count). The molecule has 0 saturated carbocycles. The van der Waals surface area contributed by atoms with Gasteiger partial charge in [0.1, 0.15) is 0 Å². The van der Waals surface area contributed by atoms with Gasteiger partial charge in [-0.3, -0.25) is 0 Å². The van der Waals surface area contributed by atoms with Gasteiger partial charge in [-0.1, -0.05) is 61.9 Å².